The van der Waals surface area contributed by atoms with Gasteiger partial charge in [-0.15, -0.1) is 11.3 Å². The molecule has 0 fully saturated rings. The Labute approximate surface area is 69.0 Å². The minimum atomic E-state index is -0.395. The maximum Gasteiger partial charge on any atom is 0.249 e. The van der Waals surface area contributed by atoms with Crippen molar-refractivity contribution >= 4 is 17.2 Å². The van der Waals surface area contributed by atoms with Crippen LogP contribution in [0, 0.1) is 0 Å². The minimum absolute atomic E-state index is 0.0203. The van der Waals surface area contributed by atoms with Crippen molar-refractivity contribution in [2.24, 2.45) is 11.5 Å². The van der Waals surface area contributed by atoms with Crippen LogP contribution in [0.2, 0.25) is 0 Å². The summed E-state index contributed by atoms with van der Waals surface area (Å²) in [7, 11) is 0. The molecule has 0 spiro atoms. The number of rotatable bonds is 2. The summed E-state index contributed by atoms with van der Waals surface area (Å²) in [5.41, 5.74) is 11.2. The molecule has 0 aromatic carbocycles. The van der Waals surface area contributed by atoms with Crippen molar-refractivity contribution in [1.82, 2.24) is 0 Å². The number of hydrogen-bond donors (Lipinski definition) is 2. The number of amides is 1. The van der Waals surface area contributed by atoms with Crippen LogP contribution in [0.3, 0.4) is 0 Å². The Bertz CT molecular complexity index is 267. The minimum Gasteiger partial charge on any atom is -0.366 e. The molecule has 1 amide bonds. The first kappa shape index (κ1) is 8.23. The molecule has 1 heterocycles. The van der Waals surface area contributed by atoms with E-state index in [1.165, 1.54) is 11.3 Å². The molecular formula is C7H10N2OS. The highest BCUT2D eigenvalue weighted by Gasteiger charge is 2.06. The van der Waals surface area contributed by atoms with E-state index in [4.69, 9.17) is 11.5 Å². The van der Waals surface area contributed by atoms with Crippen molar-refractivity contribution in [3.05, 3.63) is 21.9 Å². The van der Waals surface area contributed by atoms with Crippen LogP contribution in [-0.2, 0) is 0 Å². The highest BCUT2D eigenvalue weighted by atomic mass is 32.1. The van der Waals surface area contributed by atoms with E-state index in [0.29, 0.717) is 5.56 Å². The lowest BCUT2D eigenvalue weighted by Crippen LogP contribution is -2.09. The van der Waals surface area contributed by atoms with Gasteiger partial charge in [-0.1, -0.05) is 0 Å². The fourth-order valence-corrected chi connectivity index (χ4v) is 1.58. The number of primary amides is 1. The second kappa shape index (κ2) is 3.02. The molecule has 1 aromatic rings. The van der Waals surface area contributed by atoms with Gasteiger partial charge in [0, 0.05) is 16.3 Å². The van der Waals surface area contributed by atoms with Gasteiger partial charge in [-0.2, -0.15) is 0 Å². The average molecular weight is 170 g/mol. The third-order valence-corrected chi connectivity index (χ3v) is 2.49. The van der Waals surface area contributed by atoms with Crippen LogP contribution >= 0.6 is 11.3 Å². The Balaban J connectivity index is 2.90. The molecule has 1 rings (SSSR count). The quantitative estimate of drug-likeness (QED) is 0.691. The van der Waals surface area contributed by atoms with Gasteiger partial charge in [0.1, 0.15) is 0 Å². The molecule has 0 saturated heterocycles. The van der Waals surface area contributed by atoms with Crippen LogP contribution in [0.25, 0.3) is 0 Å². The molecule has 1 atom stereocenters. The molecule has 4 heteroatoms. The maximum atomic E-state index is 10.6. The van der Waals surface area contributed by atoms with E-state index >= 15 is 0 Å². The lowest BCUT2D eigenvalue weighted by Gasteiger charge is -1.97. The summed E-state index contributed by atoms with van der Waals surface area (Å²) in [5.74, 6) is -0.395. The number of thiophene rings is 1. The van der Waals surface area contributed by atoms with Crippen molar-refractivity contribution in [2.75, 3.05) is 0 Å². The Morgan fingerprint density at radius 1 is 1.73 bits per heavy atom. The predicted molar refractivity (Wildman–Crippen MR) is 45.4 cm³/mol. The molecule has 60 valence electrons. The SMILES string of the molecule is CC(N)c1cc(C(N)=O)cs1. The van der Waals surface area contributed by atoms with Crippen LogP contribution in [-0.4, -0.2) is 5.91 Å². The largest absolute Gasteiger partial charge is 0.366 e. The molecule has 0 saturated carbocycles. The average Bonchev–Trinajstić information content (AvgIpc) is 2.33. The molecule has 0 aliphatic heterocycles. The van der Waals surface area contributed by atoms with E-state index in [2.05, 4.69) is 0 Å². The lowest BCUT2D eigenvalue weighted by molar-refractivity contribution is 0.100. The summed E-state index contributed by atoms with van der Waals surface area (Å²) in [6.45, 7) is 1.87. The van der Waals surface area contributed by atoms with Crippen molar-refractivity contribution in [2.45, 2.75) is 13.0 Å². The van der Waals surface area contributed by atoms with Gasteiger partial charge in [0.2, 0.25) is 5.91 Å². The summed E-state index contributed by atoms with van der Waals surface area (Å²) < 4.78 is 0. The maximum absolute atomic E-state index is 10.6. The van der Waals surface area contributed by atoms with Gasteiger partial charge in [0.05, 0.1) is 5.56 Å². The van der Waals surface area contributed by atoms with Gasteiger partial charge in [-0.05, 0) is 13.0 Å². The molecular weight excluding hydrogens is 160 g/mol. The predicted octanol–water partition coefficient (Wildman–Crippen LogP) is 0.867. The summed E-state index contributed by atoms with van der Waals surface area (Å²) in [6, 6.07) is 1.71. The first-order valence-electron chi connectivity index (χ1n) is 3.25. The fraction of sp³-hybridized carbons (Fsp3) is 0.286. The van der Waals surface area contributed by atoms with Crippen molar-refractivity contribution < 1.29 is 4.79 Å². The zero-order chi connectivity index (χ0) is 8.43. The molecule has 0 radical (unpaired) electrons. The first-order chi connectivity index (χ1) is 5.11. The van der Waals surface area contributed by atoms with Crippen LogP contribution in [0.5, 0.6) is 0 Å². The van der Waals surface area contributed by atoms with Crippen LogP contribution in [0.15, 0.2) is 11.4 Å². The number of carbonyl (C=O) groups excluding carboxylic acids is 1. The van der Waals surface area contributed by atoms with Crippen molar-refractivity contribution in [1.29, 1.82) is 0 Å². The first-order valence-corrected chi connectivity index (χ1v) is 4.13. The Kier molecular flexibility index (Phi) is 2.26. The highest BCUT2D eigenvalue weighted by Crippen LogP contribution is 2.19. The Hall–Kier alpha value is -0.870. The monoisotopic (exact) mass is 170 g/mol. The van der Waals surface area contributed by atoms with Crippen LogP contribution in [0.4, 0.5) is 0 Å². The van der Waals surface area contributed by atoms with Crippen molar-refractivity contribution in [3.8, 4) is 0 Å². The molecule has 0 aliphatic carbocycles. The third kappa shape index (κ3) is 1.78. The fourth-order valence-electron chi connectivity index (χ4n) is 0.721. The zero-order valence-electron chi connectivity index (χ0n) is 6.20. The molecule has 0 bridgehead atoms. The molecule has 0 aliphatic rings. The summed E-state index contributed by atoms with van der Waals surface area (Å²) in [4.78, 5) is 11.6. The second-order valence-electron chi connectivity index (χ2n) is 2.39. The normalized spacial score (nSPS) is 12.9. The van der Waals surface area contributed by atoms with E-state index in [0.717, 1.165) is 4.88 Å². The van der Waals surface area contributed by atoms with Gasteiger partial charge >= 0.3 is 0 Å². The lowest BCUT2D eigenvalue weighted by atomic mass is 10.2. The molecule has 3 nitrogen and oxygen atoms in total. The molecule has 1 unspecified atom stereocenters. The van der Waals surface area contributed by atoms with Gasteiger partial charge in [-0.3, -0.25) is 4.79 Å². The van der Waals surface area contributed by atoms with E-state index in [1.807, 2.05) is 6.92 Å². The summed E-state index contributed by atoms with van der Waals surface area (Å²) >= 11 is 1.46. The second-order valence-corrected chi connectivity index (χ2v) is 3.33. The number of hydrogen-bond acceptors (Lipinski definition) is 3. The van der Waals surface area contributed by atoms with E-state index < -0.39 is 5.91 Å². The standard InChI is InChI=1S/C7H10N2OS/c1-4(8)6-2-5(3-11-6)7(9)10/h2-4H,8H2,1H3,(H2,9,10). The van der Waals surface area contributed by atoms with E-state index in [1.54, 1.807) is 11.4 Å². The smallest absolute Gasteiger partial charge is 0.249 e. The van der Waals surface area contributed by atoms with Crippen LogP contribution < -0.4 is 11.5 Å². The summed E-state index contributed by atoms with van der Waals surface area (Å²) in [6.07, 6.45) is 0. The van der Waals surface area contributed by atoms with E-state index in [-0.39, 0.29) is 6.04 Å². The highest BCUT2D eigenvalue weighted by molar-refractivity contribution is 7.10. The van der Waals surface area contributed by atoms with E-state index in [9.17, 15) is 4.79 Å². The van der Waals surface area contributed by atoms with Crippen LogP contribution in [0.1, 0.15) is 28.2 Å². The molecule has 4 N–H and O–H groups in total. The Morgan fingerprint density at radius 3 is 2.64 bits per heavy atom. The van der Waals surface area contributed by atoms with Gasteiger partial charge in [-0.25, -0.2) is 0 Å². The molecule has 1 aromatic heterocycles. The molecule has 11 heavy (non-hydrogen) atoms. The van der Waals surface area contributed by atoms with Gasteiger partial charge in [0.15, 0.2) is 0 Å². The summed E-state index contributed by atoms with van der Waals surface area (Å²) in [5, 5.41) is 1.72. The third-order valence-electron chi connectivity index (χ3n) is 1.35. The van der Waals surface area contributed by atoms with Crippen molar-refractivity contribution in [3.63, 3.8) is 0 Å². The topological polar surface area (TPSA) is 69.1 Å². The van der Waals surface area contributed by atoms with Gasteiger partial charge < -0.3 is 11.5 Å². The Morgan fingerprint density at radius 2 is 2.36 bits per heavy atom. The number of carbonyl (C=O) groups is 1. The zero-order valence-corrected chi connectivity index (χ0v) is 7.02. The number of nitrogens with two attached hydrogens (primary N) is 2. The van der Waals surface area contributed by atoms with Gasteiger partial charge in [0.25, 0.3) is 0 Å².